The molecule has 1 amide bonds. The molecule has 0 saturated carbocycles. The van der Waals surface area contributed by atoms with Crippen LogP contribution in [0.2, 0.25) is 0 Å². The number of aliphatic hydroxyl groups excluding tert-OH is 1. The van der Waals surface area contributed by atoms with Crippen molar-refractivity contribution in [2.45, 2.75) is 65.4 Å². The summed E-state index contributed by atoms with van der Waals surface area (Å²) in [5, 5.41) is 12.3. The van der Waals surface area contributed by atoms with Crippen LogP contribution in [0, 0.1) is 10.8 Å². The lowest BCUT2D eigenvalue weighted by Crippen LogP contribution is -2.45. The van der Waals surface area contributed by atoms with E-state index in [4.69, 9.17) is 0 Å². The summed E-state index contributed by atoms with van der Waals surface area (Å²) in [6, 6.07) is 4.12. The molecule has 1 atom stereocenters. The van der Waals surface area contributed by atoms with Gasteiger partial charge in [0.1, 0.15) is 5.76 Å². The van der Waals surface area contributed by atoms with Gasteiger partial charge in [0.15, 0.2) is 0 Å². The molecule has 10 heteroatoms. The predicted octanol–water partition coefficient (Wildman–Crippen LogP) is 3.37. The second kappa shape index (κ2) is 8.49. The number of hydrogen-bond donors (Lipinski definition) is 2. The number of sulfone groups is 1. The third-order valence-corrected chi connectivity index (χ3v) is 8.23. The van der Waals surface area contributed by atoms with Gasteiger partial charge in [0.2, 0.25) is 19.9 Å². The van der Waals surface area contributed by atoms with Crippen molar-refractivity contribution in [2.24, 2.45) is 10.8 Å². The lowest BCUT2D eigenvalue weighted by Gasteiger charge is -2.36. The van der Waals surface area contributed by atoms with E-state index in [1.54, 1.807) is 17.0 Å². The highest BCUT2D eigenvalue weighted by molar-refractivity contribution is 7.95. The summed E-state index contributed by atoms with van der Waals surface area (Å²) in [5.74, 6) is -0.545. The highest BCUT2D eigenvalue weighted by Gasteiger charge is 2.48. The monoisotopic (exact) mass is 510 g/mol. The van der Waals surface area contributed by atoms with Crippen LogP contribution in [0.3, 0.4) is 0 Å². The number of nitrogens with zero attached hydrogens (tertiary/aromatic N) is 1. The largest absolute Gasteiger partial charge is 0.509 e. The van der Waals surface area contributed by atoms with Crippen molar-refractivity contribution < 1.29 is 26.7 Å². The van der Waals surface area contributed by atoms with Gasteiger partial charge in [0, 0.05) is 29.6 Å². The Morgan fingerprint density at radius 1 is 1.12 bits per heavy atom. The Balaban J connectivity index is 2.12. The Labute approximate surface area is 202 Å². The van der Waals surface area contributed by atoms with Crippen LogP contribution in [0.4, 0.5) is 0 Å². The summed E-state index contributed by atoms with van der Waals surface area (Å²) < 4.78 is 51.7. The third kappa shape index (κ3) is 5.23. The van der Waals surface area contributed by atoms with Gasteiger partial charge in [-0.25, -0.2) is 21.6 Å². The molecule has 0 unspecified atom stereocenters. The molecule has 0 aliphatic carbocycles. The van der Waals surface area contributed by atoms with Crippen LogP contribution in [0.15, 0.2) is 39.8 Å². The molecule has 188 valence electrons. The Bertz CT molecular complexity index is 1290. The first-order chi connectivity index (χ1) is 15.3. The lowest BCUT2D eigenvalue weighted by molar-refractivity contribution is -0.128. The van der Waals surface area contributed by atoms with Crippen molar-refractivity contribution in [3.8, 4) is 0 Å². The molecule has 2 heterocycles. The molecule has 34 heavy (non-hydrogen) atoms. The van der Waals surface area contributed by atoms with Crippen LogP contribution in [0.25, 0.3) is 5.57 Å². The number of benzene rings is 1. The standard InChI is InChI=1S/C24H34N2O6S2/c1-23(2,3)11-12-26-21(24(4,5)6)19(27)18(22(26)28)17-14-34(31,32)20-15(9-8-10-16(17)20)13-25-33(7,29)30/h8-10,14,21,25,27H,11-13H2,1-7H3/t21-/m1/s1. The molecule has 0 fully saturated rings. The molecular formula is C24H34N2O6S2. The smallest absolute Gasteiger partial charge is 0.258 e. The fraction of sp³-hybridized carbons (Fsp3) is 0.542. The van der Waals surface area contributed by atoms with Crippen LogP contribution >= 0.6 is 0 Å². The van der Waals surface area contributed by atoms with E-state index in [-0.39, 0.29) is 44.9 Å². The summed E-state index contributed by atoms with van der Waals surface area (Å²) >= 11 is 0. The van der Waals surface area contributed by atoms with E-state index in [1.165, 1.54) is 6.07 Å². The van der Waals surface area contributed by atoms with Gasteiger partial charge in [0.05, 0.1) is 22.8 Å². The first-order valence-electron chi connectivity index (χ1n) is 11.1. The molecule has 0 saturated heterocycles. The minimum Gasteiger partial charge on any atom is -0.509 e. The van der Waals surface area contributed by atoms with Gasteiger partial charge in [0.25, 0.3) is 5.91 Å². The molecule has 3 rings (SSSR count). The molecule has 1 aromatic carbocycles. The van der Waals surface area contributed by atoms with Crippen molar-refractivity contribution >= 4 is 31.3 Å². The normalized spacial score (nSPS) is 20.7. The van der Waals surface area contributed by atoms with Gasteiger partial charge in [-0.15, -0.1) is 0 Å². The molecule has 2 N–H and O–H groups in total. The van der Waals surface area contributed by atoms with Crippen LogP contribution in [-0.2, 0) is 31.2 Å². The summed E-state index contributed by atoms with van der Waals surface area (Å²) in [6.45, 7) is 12.2. The van der Waals surface area contributed by atoms with Gasteiger partial charge in [-0.05, 0) is 22.8 Å². The van der Waals surface area contributed by atoms with Crippen molar-refractivity contribution in [3.63, 3.8) is 0 Å². The zero-order valence-electron chi connectivity index (χ0n) is 20.8. The molecule has 0 spiro atoms. The molecule has 0 bridgehead atoms. The third-order valence-electron chi connectivity index (χ3n) is 5.96. The Hall–Kier alpha value is -2.17. The Kier molecular flexibility index (Phi) is 6.60. The number of carbonyl (C=O) groups is 1. The van der Waals surface area contributed by atoms with E-state index in [9.17, 15) is 26.7 Å². The number of fused-ring (bicyclic) bond motifs is 1. The SMILES string of the molecule is CC(C)(C)CCN1C(=O)C(C2=CS(=O)(=O)c3c(CNS(C)(=O)=O)cccc32)=C(O)[C@@H]1C(C)(C)C. The number of nitrogens with one attached hydrogen (secondary N) is 1. The summed E-state index contributed by atoms with van der Waals surface area (Å²) in [5.41, 5.74) is 0.174. The van der Waals surface area contributed by atoms with Gasteiger partial charge in [-0.1, -0.05) is 59.7 Å². The summed E-state index contributed by atoms with van der Waals surface area (Å²) in [7, 11) is -7.50. The minimum atomic E-state index is -3.96. The molecule has 1 aromatic rings. The fourth-order valence-electron chi connectivity index (χ4n) is 4.42. The Morgan fingerprint density at radius 3 is 2.26 bits per heavy atom. The van der Waals surface area contributed by atoms with Gasteiger partial charge in [-0.3, -0.25) is 4.79 Å². The van der Waals surface area contributed by atoms with E-state index in [2.05, 4.69) is 25.5 Å². The first-order valence-corrected chi connectivity index (χ1v) is 14.6. The second-order valence-electron chi connectivity index (χ2n) is 11.3. The van der Waals surface area contributed by atoms with E-state index >= 15 is 0 Å². The second-order valence-corrected chi connectivity index (χ2v) is 14.9. The van der Waals surface area contributed by atoms with Crippen LogP contribution < -0.4 is 4.72 Å². The minimum absolute atomic E-state index is 0.00983. The highest BCUT2D eigenvalue weighted by atomic mass is 32.2. The molecule has 0 radical (unpaired) electrons. The number of carbonyl (C=O) groups excluding carboxylic acids is 1. The topological polar surface area (TPSA) is 121 Å². The molecule has 8 nitrogen and oxygen atoms in total. The zero-order chi connectivity index (χ0) is 25.9. The number of rotatable bonds is 6. The van der Waals surface area contributed by atoms with Crippen molar-refractivity contribution in [2.75, 3.05) is 12.8 Å². The quantitative estimate of drug-likeness (QED) is 0.605. The maximum absolute atomic E-state index is 13.6. The maximum Gasteiger partial charge on any atom is 0.258 e. The molecule has 2 aliphatic rings. The number of sulfonamides is 1. The van der Waals surface area contributed by atoms with Gasteiger partial charge >= 0.3 is 0 Å². The van der Waals surface area contributed by atoms with E-state index in [0.717, 1.165) is 11.7 Å². The van der Waals surface area contributed by atoms with Crippen LogP contribution in [0.1, 0.15) is 59.1 Å². The number of amides is 1. The molecule has 2 aliphatic heterocycles. The average Bonchev–Trinajstić information content (AvgIpc) is 3.06. The molecule has 0 aromatic heterocycles. The van der Waals surface area contributed by atoms with E-state index in [0.29, 0.717) is 13.0 Å². The van der Waals surface area contributed by atoms with E-state index in [1.807, 2.05) is 20.8 Å². The fourth-order valence-corrected chi connectivity index (χ4v) is 6.51. The van der Waals surface area contributed by atoms with Crippen LogP contribution in [0.5, 0.6) is 0 Å². The van der Waals surface area contributed by atoms with Gasteiger partial charge < -0.3 is 10.0 Å². The summed E-state index contributed by atoms with van der Waals surface area (Å²) in [4.78, 5) is 15.2. The number of hydrogen-bond acceptors (Lipinski definition) is 6. The zero-order valence-corrected chi connectivity index (χ0v) is 22.4. The van der Waals surface area contributed by atoms with Crippen LogP contribution in [-0.4, -0.2) is 51.6 Å². The Morgan fingerprint density at radius 2 is 1.74 bits per heavy atom. The van der Waals surface area contributed by atoms with Crippen molar-refractivity contribution in [3.05, 3.63) is 46.1 Å². The first kappa shape index (κ1) is 26.4. The van der Waals surface area contributed by atoms with Crippen molar-refractivity contribution in [1.82, 2.24) is 9.62 Å². The van der Waals surface area contributed by atoms with Gasteiger partial charge in [-0.2, -0.15) is 0 Å². The summed E-state index contributed by atoms with van der Waals surface area (Å²) in [6.07, 6.45) is 1.70. The predicted molar refractivity (Wildman–Crippen MR) is 132 cm³/mol. The number of aliphatic hydroxyl groups is 1. The highest BCUT2D eigenvalue weighted by Crippen LogP contribution is 2.46. The average molecular weight is 511 g/mol. The van der Waals surface area contributed by atoms with Crippen molar-refractivity contribution in [1.29, 1.82) is 0 Å². The lowest BCUT2D eigenvalue weighted by atomic mass is 9.84. The maximum atomic E-state index is 13.6. The molecular weight excluding hydrogens is 476 g/mol. The van der Waals surface area contributed by atoms with E-state index < -0.39 is 37.2 Å².